The number of amides is 5. The highest BCUT2D eigenvalue weighted by Gasteiger charge is 2.49. The van der Waals surface area contributed by atoms with E-state index >= 15 is 0 Å². The Bertz CT molecular complexity index is 3430. The molecule has 5 aliphatic heterocycles. The van der Waals surface area contributed by atoms with Crippen molar-refractivity contribution in [3.05, 3.63) is 101 Å². The molecule has 23 heteroatoms. The molecule has 5 aromatic rings. The van der Waals surface area contributed by atoms with Gasteiger partial charge >= 0.3 is 7.82 Å². The fraction of sp³-hybridized carbons (Fsp3) is 0.455. The number of methoxy groups -OCH3 is 1. The Balaban J connectivity index is 0.730. The third-order valence-corrected chi connectivity index (χ3v) is 16.9. The quantitative estimate of drug-likeness (QED) is 0.0838. The van der Waals surface area contributed by atoms with Crippen molar-refractivity contribution >= 4 is 66.1 Å². The molecular formula is C55H64N11O11P. The van der Waals surface area contributed by atoms with Gasteiger partial charge in [0.1, 0.15) is 35.3 Å². The molecule has 11 rings (SSSR count). The van der Waals surface area contributed by atoms with Gasteiger partial charge in [0.15, 0.2) is 0 Å². The first kappa shape index (κ1) is 49.2. The van der Waals surface area contributed by atoms with Gasteiger partial charge in [-0.25, -0.2) is 19.5 Å². The largest absolute Gasteiger partial charge is 0.480 e. The molecule has 1 aromatic carbocycles. The first-order valence-corrected chi connectivity index (χ1v) is 27.8. The predicted molar refractivity (Wildman–Crippen MR) is 287 cm³/mol. The number of benzene rings is 1. The summed E-state index contributed by atoms with van der Waals surface area (Å²) in [5.74, 6) is -2.71. The van der Waals surface area contributed by atoms with Gasteiger partial charge in [-0.3, -0.25) is 48.1 Å². The molecule has 4 N–H and O–H groups in total. The van der Waals surface area contributed by atoms with Crippen LogP contribution in [0.4, 0.5) is 28.7 Å². The highest BCUT2D eigenvalue weighted by Crippen LogP contribution is 2.43. The number of nitrogens with one attached hydrogen (secondary N) is 1. The van der Waals surface area contributed by atoms with Crippen LogP contribution in [0, 0.1) is 5.41 Å². The summed E-state index contributed by atoms with van der Waals surface area (Å²) in [5.41, 5.74) is 6.74. The first-order valence-electron chi connectivity index (χ1n) is 27.8. The molecular weight excluding hydrogens is 1020 g/mol. The standard InChI is InChI=1S/C55H64N11O11P/c1-31-21-36(14-16-61(31)37-7-9-40-41(24-37)52(70)66(51(40)69)44-10-12-48(68)65(54(44)72)33(3)77-78(73,74)75)60-17-18-62(32(2)29-60)38-8-11-47(57-28-38)59-43-22-35(27-58-50(43)76-6)39-13-15-56-49(42(39)30-67)64-20-19-63-45(53(64)71)23-34-25-55(4,5)26-46(34)63/h7-9,11,13,15,22-24,27-28,31-33,36,44,67H,10,12,14,16-21,25-26,29-30H2,1-6H3,(H,57,59)(H2,73,74,75)/t31-,32-,33?,36?,44-/m0/s1/i6D3. The van der Waals surface area contributed by atoms with Crippen molar-refractivity contribution in [3.63, 3.8) is 0 Å². The van der Waals surface area contributed by atoms with Crippen molar-refractivity contribution in [3.8, 4) is 17.0 Å². The lowest BCUT2D eigenvalue weighted by atomic mass is 9.90. The van der Waals surface area contributed by atoms with Crippen LogP contribution in [-0.2, 0) is 44.7 Å². The molecule has 22 nitrogen and oxygen atoms in total. The number of phosphoric acid groups is 1. The number of ether oxygens (including phenoxy) is 1. The monoisotopic (exact) mass is 1090 g/mol. The van der Waals surface area contributed by atoms with Gasteiger partial charge in [-0.2, -0.15) is 0 Å². The second-order valence-electron chi connectivity index (χ2n) is 22.0. The van der Waals surface area contributed by atoms with E-state index in [-0.39, 0.29) is 65.0 Å². The van der Waals surface area contributed by atoms with Gasteiger partial charge in [-0.1, -0.05) is 13.8 Å². The maximum atomic E-state index is 14.1. The van der Waals surface area contributed by atoms with Crippen LogP contribution in [-0.4, -0.2) is 149 Å². The van der Waals surface area contributed by atoms with Crippen LogP contribution in [0.25, 0.3) is 11.1 Å². The van der Waals surface area contributed by atoms with E-state index < -0.39 is 57.4 Å². The van der Waals surface area contributed by atoms with Crippen molar-refractivity contribution < 1.29 is 56.8 Å². The maximum Gasteiger partial charge on any atom is 0.471 e. The third-order valence-electron chi connectivity index (χ3n) is 16.3. The maximum absolute atomic E-state index is 14.1. The summed E-state index contributed by atoms with van der Waals surface area (Å²) >= 11 is 0. The lowest BCUT2D eigenvalue weighted by molar-refractivity contribution is -0.161. The van der Waals surface area contributed by atoms with E-state index in [4.69, 9.17) is 13.8 Å². The minimum Gasteiger partial charge on any atom is -0.480 e. The van der Waals surface area contributed by atoms with Crippen LogP contribution >= 0.6 is 7.82 Å². The second-order valence-corrected chi connectivity index (χ2v) is 23.2. The Labute approximate surface area is 455 Å². The fourth-order valence-corrected chi connectivity index (χ4v) is 13.2. The number of hydrogen-bond acceptors (Lipinski definition) is 16. The average Bonchev–Trinajstić information content (AvgIpc) is 4.25. The second kappa shape index (κ2) is 20.3. The third kappa shape index (κ3) is 9.61. The number of piperidine rings is 2. The number of carbonyl (C=O) groups excluding carboxylic acids is 5. The topological polar surface area (TPSA) is 257 Å². The number of carbonyl (C=O) groups is 5. The van der Waals surface area contributed by atoms with Gasteiger partial charge < -0.3 is 39.3 Å². The van der Waals surface area contributed by atoms with Gasteiger partial charge in [-0.05, 0) is 118 Å². The zero-order valence-electron chi connectivity index (χ0n) is 47.0. The molecule has 2 unspecified atom stereocenters. The zero-order valence-corrected chi connectivity index (χ0v) is 44.9. The molecule has 5 atom stereocenters. The van der Waals surface area contributed by atoms with Crippen molar-refractivity contribution in [1.82, 2.24) is 34.2 Å². The number of aromatic nitrogens is 4. The van der Waals surface area contributed by atoms with Crippen molar-refractivity contribution in [1.29, 1.82) is 0 Å². The number of rotatable bonds is 13. The molecule has 3 fully saturated rings. The molecule has 78 heavy (non-hydrogen) atoms. The summed E-state index contributed by atoms with van der Waals surface area (Å²) < 4.78 is 47.2. The smallest absolute Gasteiger partial charge is 0.471 e. The van der Waals surface area contributed by atoms with Gasteiger partial charge in [-0.15, -0.1) is 0 Å². The average molecular weight is 1090 g/mol. The summed E-state index contributed by atoms with van der Waals surface area (Å²) in [6.07, 6.45) is 6.26. The number of aliphatic hydroxyl groups excluding tert-OH is 1. The number of hydrogen-bond donors (Lipinski definition) is 4. The number of nitrogens with zero attached hydrogens (tertiary/aromatic N) is 10. The molecule has 410 valence electrons. The van der Waals surface area contributed by atoms with Crippen LogP contribution in [0.15, 0.2) is 67.1 Å². The van der Waals surface area contributed by atoms with Crippen LogP contribution in [0.5, 0.6) is 5.88 Å². The SMILES string of the molecule is [2H]C([2H])([2H])Oc1ncc(-c2ccnc(N3CCn4c(cc5c4CC(C)(C)C5)C3=O)c2CO)cc1Nc1ccc(N2CCN(C3CCN(c4ccc5c(c4)C(=O)N([C@H]4CCC(=O)N(C(C)OP(=O)(O)O)C4=O)C5=O)[C@@H](C)C3)C[C@@H]2C)cn1. The van der Waals surface area contributed by atoms with Crippen molar-refractivity contribution in [2.24, 2.45) is 5.41 Å². The number of fused-ring (bicyclic) bond motifs is 4. The minimum absolute atomic E-state index is 0.0615. The minimum atomic E-state index is -5.08. The highest BCUT2D eigenvalue weighted by molar-refractivity contribution is 7.46. The van der Waals surface area contributed by atoms with Gasteiger partial charge in [0.05, 0.1) is 40.8 Å². The summed E-state index contributed by atoms with van der Waals surface area (Å²) in [6.45, 7) is 13.4. The molecule has 5 amide bonds. The molecule has 6 aliphatic rings. The van der Waals surface area contributed by atoms with Gasteiger partial charge in [0, 0.05) is 98.7 Å². The number of anilines is 5. The van der Waals surface area contributed by atoms with E-state index in [1.807, 2.05) is 12.1 Å². The summed E-state index contributed by atoms with van der Waals surface area (Å²) in [7, 11) is -7.90. The van der Waals surface area contributed by atoms with Crippen LogP contribution in [0.1, 0.15) is 112 Å². The molecule has 0 bridgehead atoms. The van der Waals surface area contributed by atoms with Crippen molar-refractivity contribution in [2.75, 3.05) is 59.8 Å². The Kier molecular flexibility index (Phi) is 12.8. The number of imide groups is 2. The summed E-state index contributed by atoms with van der Waals surface area (Å²) in [5, 5.41) is 14.1. The molecule has 4 aromatic heterocycles. The number of phosphoric ester groups is 1. The normalized spacial score (nSPS) is 23.7. The molecule has 0 spiro atoms. The highest BCUT2D eigenvalue weighted by atomic mass is 31.2. The van der Waals surface area contributed by atoms with Crippen LogP contribution in [0.3, 0.4) is 0 Å². The van der Waals surface area contributed by atoms with Crippen molar-refractivity contribution in [2.45, 2.75) is 117 Å². The van der Waals surface area contributed by atoms with E-state index in [0.717, 1.165) is 68.5 Å². The Morgan fingerprint density at radius 3 is 2.36 bits per heavy atom. The van der Waals surface area contributed by atoms with E-state index in [1.54, 1.807) is 53.7 Å². The lowest BCUT2D eigenvalue weighted by Gasteiger charge is -2.48. The first-order chi connectivity index (χ1) is 38.4. The molecule has 3 saturated heterocycles. The number of pyridine rings is 3. The summed E-state index contributed by atoms with van der Waals surface area (Å²) in [4.78, 5) is 110. The molecule has 1 aliphatic carbocycles. The predicted octanol–water partition coefficient (Wildman–Crippen LogP) is 5.51. The molecule has 0 radical (unpaired) electrons. The Morgan fingerprint density at radius 2 is 1.63 bits per heavy atom. The van der Waals surface area contributed by atoms with Crippen LogP contribution < -0.4 is 24.8 Å². The van der Waals surface area contributed by atoms with E-state index in [0.29, 0.717) is 58.6 Å². The molecule has 0 saturated carbocycles. The zero-order chi connectivity index (χ0) is 57.6. The Morgan fingerprint density at radius 1 is 0.846 bits per heavy atom. The Hall–Kier alpha value is -7.07. The van der Waals surface area contributed by atoms with E-state index in [2.05, 4.69) is 66.8 Å². The number of piperazine rings is 1. The van der Waals surface area contributed by atoms with E-state index in [1.165, 1.54) is 17.5 Å². The van der Waals surface area contributed by atoms with E-state index in [9.17, 15) is 43.4 Å². The van der Waals surface area contributed by atoms with Gasteiger partial charge in [0.25, 0.3) is 23.6 Å². The number of likely N-dealkylation sites (tertiary alicyclic amines) is 1. The molecule has 9 heterocycles. The fourth-order valence-electron chi connectivity index (χ4n) is 12.7. The summed E-state index contributed by atoms with van der Waals surface area (Å²) in [6, 6.07) is 13.3. The van der Waals surface area contributed by atoms with Gasteiger partial charge in [0.2, 0.25) is 11.8 Å². The lowest BCUT2D eigenvalue weighted by Crippen LogP contribution is -2.58. The number of aliphatic hydroxyl groups is 1. The van der Waals surface area contributed by atoms with Crippen LogP contribution in [0.2, 0.25) is 0 Å².